The second-order valence-electron chi connectivity index (χ2n) is 5.20. The lowest BCUT2D eigenvalue weighted by Crippen LogP contribution is -2.35. The minimum Gasteiger partial charge on any atom is -0.444 e. The zero-order valence-electron chi connectivity index (χ0n) is 10.6. The number of hydrogen-bond acceptors (Lipinski definition) is 3. The summed E-state index contributed by atoms with van der Waals surface area (Å²) >= 11 is 0. The van der Waals surface area contributed by atoms with Crippen molar-refractivity contribution in [1.29, 1.82) is 0 Å². The molecule has 0 saturated heterocycles. The number of carbonyl (C=O) groups is 2. The van der Waals surface area contributed by atoms with Gasteiger partial charge in [-0.3, -0.25) is 4.79 Å². The fourth-order valence-electron chi connectivity index (χ4n) is 1.41. The van der Waals surface area contributed by atoms with E-state index in [0.717, 1.165) is 6.42 Å². The summed E-state index contributed by atoms with van der Waals surface area (Å²) in [7, 11) is 0. The highest BCUT2D eigenvalue weighted by molar-refractivity contribution is 5.86. The third-order valence-corrected chi connectivity index (χ3v) is 2.35. The highest BCUT2D eigenvalue weighted by Gasteiger charge is 2.39. The molecule has 0 radical (unpaired) electrons. The minimum absolute atomic E-state index is 0.106. The predicted molar refractivity (Wildman–Crippen MR) is 64.5 cm³/mol. The van der Waals surface area contributed by atoms with Crippen LogP contribution in [0.4, 0.5) is 4.79 Å². The molecule has 0 aromatic carbocycles. The van der Waals surface area contributed by atoms with Crippen molar-refractivity contribution in [2.75, 3.05) is 6.54 Å². The van der Waals surface area contributed by atoms with E-state index in [1.807, 2.05) is 20.8 Å². The van der Waals surface area contributed by atoms with E-state index in [9.17, 15) is 9.59 Å². The Morgan fingerprint density at radius 3 is 2.65 bits per heavy atom. The molecule has 5 nitrogen and oxygen atoms in total. The van der Waals surface area contributed by atoms with Gasteiger partial charge in [0.2, 0.25) is 5.91 Å². The number of ether oxygens (including phenoxy) is 1. The van der Waals surface area contributed by atoms with Crippen LogP contribution in [-0.4, -0.2) is 30.2 Å². The standard InChI is InChI=1S/C12H20N2O3/c1-5-10(15)13-7-8-6-9(8)14-11(16)17-12(2,3)4/h5,8-9H,1,6-7H2,2-4H3,(H,13,15)(H,14,16)/t8-,9+/m0/s1. The van der Waals surface area contributed by atoms with Crippen LogP contribution in [-0.2, 0) is 9.53 Å². The van der Waals surface area contributed by atoms with Crippen molar-refractivity contribution in [1.82, 2.24) is 10.6 Å². The topological polar surface area (TPSA) is 67.4 Å². The monoisotopic (exact) mass is 240 g/mol. The first kappa shape index (κ1) is 13.5. The third kappa shape index (κ3) is 5.38. The molecule has 0 aromatic rings. The maximum Gasteiger partial charge on any atom is 0.407 e. The average Bonchev–Trinajstić information content (AvgIpc) is 2.89. The van der Waals surface area contributed by atoms with Crippen LogP contribution in [0.1, 0.15) is 27.2 Å². The minimum atomic E-state index is -0.481. The Labute approximate surface area is 102 Å². The highest BCUT2D eigenvalue weighted by atomic mass is 16.6. The molecule has 17 heavy (non-hydrogen) atoms. The van der Waals surface area contributed by atoms with Gasteiger partial charge in [0.25, 0.3) is 0 Å². The first-order chi connectivity index (χ1) is 7.81. The summed E-state index contributed by atoms with van der Waals surface area (Å²) in [4.78, 5) is 22.3. The van der Waals surface area contributed by atoms with E-state index in [2.05, 4.69) is 17.2 Å². The Bertz CT molecular complexity index is 320. The van der Waals surface area contributed by atoms with Crippen molar-refractivity contribution in [3.63, 3.8) is 0 Å². The van der Waals surface area contributed by atoms with Crippen molar-refractivity contribution in [3.8, 4) is 0 Å². The van der Waals surface area contributed by atoms with Crippen LogP contribution in [0.5, 0.6) is 0 Å². The zero-order valence-corrected chi connectivity index (χ0v) is 10.6. The first-order valence-corrected chi connectivity index (χ1v) is 5.71. The number of rotatable bonds is 4. The maximum atomic E-state index is 11.4. The van der Waals surface area contributed by atoms with Gasteiger partial charge in [0, 0.05) is 12.6 Å². The molecule has 1 aliphatic carbocycles. The second-order valence-corrected chi connectivity index (χ2v) is 5.20. The summed E-state index contributed by atoms with van der Waals surface area (Å²) in [5.41, 5.74) is -0.481. The van der Waals surface area contributed by atoms with Crippen LogP contribution in [0, 0.1) is 5.92 Å². The molecule has 5 heteroatoms. The summed E-state index contributed by atoms with van der Waals surface area (Å²) < 4.78 is 5.13. The van der Waals surface area contributed by atoms with E-state index in [1.54, 1.807) is 0 Å². The molecule has 1 aliphatic rings. The van der Waals surface area contributed by atoms with Crippen LogP contribution in [0.25, 0.3) is 0 Å². The van der Waals surface area contributed by atoms with Crippen molar-refractivity contribution >= 4 is 12.0 Å². The van der Waals surface area contributed by atoms with Gasteiger partial charge in [0.1, 0.15) is 5.60 Å². The summed E-state index contributed by atoms with van der Waals surface area (Å²) in [6.45, 7) is 9.39. The first-order valence-electron chi connectivity index (χ1n) is 5.71. The van der Waals surface area contributed by atoms with Gasteiger partial charge in [-0.2, -0.15) is 0 Å². The predicted octanol–water partition coefficient (Wildman–Crippen LogP) is 1.20. The van der Waals surface area contributed by atoms with E-state index in [0.29, 0.717) is 12.5 Å². The van der Waals surface area contributed by atoms with Gasteiger partial charge in [-0.1, -0.05) is 6.58 Å². The molecule has 0 spiro atoms. The lowest BCUT2D eigenvalue weighted by molar-refractivity contribution is -0.116. The number of hydrogen-bond donors (Lipinski definition) is 2. The van der Waals surface area contributed by atoms with E-state index in [-0.39, 0.29) is 11.9 Å². The molecule has 0 bridgehead atoms. The van der Waals surface area contributed by atoms with Crippen LogP contribution in [0.15, 0.2) is 12.7 Å². The van der Waals surface area contributed by atoms with E-state index in [4.69, 9.17) is 4.74 Å². The largest absolute Gasteiger partial charge is 0.444 e. The van der Waals surface area contributed by atoms with Gasteiger partial charge < -0.3 is 15.4 Å². The Morgan fingerprint density at radius 1 is 1.47 bits per heavy atom. The normalized spacial score (nSPS) is 22.5. The van der Waals surface area contributed by atoms with E-state index in [1.165, 1.54) is 6.08 Å². The van der Waals surface area contributed by atoms with Gasteiger partial charge in [0.15, 0.2) is 0 Å². The molecule has 2 N–H and O–H groups in total. The quantitative estimate of drug-likeness (QED) is 0.726. The van der Waals surface area contributed by atoms with E-state index >= 15 is 0 Å². The molecular weight excluding hydrogens is 220 g/mol. The number of nitrogens with one attached hydrogen (secondary N) is 2. The third-order valence-electron chi connectivity index (χ3n) is 2.35. The fraction of sp³-hybridized carbons (Fsp3) is 0.667. The fourth-order valence-corrected chi connectivity index (χ4v) is 1.41. The molecule has 96 valence electrons. The van der Waals surface area contributed by atoms with Crippen LogP contribution >= 0.6 is 0 Å². The van der Waals surface area contributed by atoms with Gasteiger partial charge in [-0.15, -0.1) is 0 Å². The summed E-state index contributed by atoms with van der Waals surface area (Å²) in [6.07, 6.45) is 1.70. The zero-order chi connectivity index (χ0) is 13.1. The average molecular weight is 240 g/mol. The molecule has 0 aromatic heterocycles. The summed E-state index contributed by atoms with van der Waals surface area (Å²) in [5, 5.41) is 5.46. The highest BCUT2D eigenvalue weighted by Crippen LogP contribution is 2.29. The maximum absolute atomic E-state index is 11.4. The molecule has 1 rings (SSSR count). The van der Waals surface area contributed by atoms with Crippen molar-refractivity contribution < 1.29 is 14.3 Å². The van der Waals surface area contributed by atoms with Gasteiger partial charge >= 0.3 is 6.09 Å². The number of carbonyl (C=O) groups excluding carboxylic acids is 2. The molecule has 0 heterocycles. The second kappa shape index (κ2) is 5.21. The lowest BCUT2D eigenvalue weighted by Gasteiger charge is -2.19. The summed E-state index contributed by atoms with van der Waals surface area (Å²) in [6, 6.07) is 0.106. The molecule has 2 amide bonds. The Kier molecular flexibility index (Phi) is 4.15. The Hall–Kier alpha value is -1.52. The van der Waals surface area contributed by atoms with E-state index < -0.39 is 11.7 Å². The number of alkyl carbamates (subject to hydrolysis) is 1. The smallest absolute Gasteiger partial charge is 0.407 e. The van der Waals surface area contributed by atoms with Gasteiger partial charge in [-0.05, 0) is 39.2 Å². The lowest BCUT2D eigenvalue weighted by atomic mass is 10.2. The SMILES string of the molecule is C=CC(=O)NC[C@@H]1C[C@H]1NC(=O)OC(C)(C)C. The number of amides is 2. The van der Waals surface area contributed by atoms with Crippen molar-refractivity contribution in [2.45, 2.75) is 38.8 Å². The molecule has 1 saturated carbocycles. The molecular formula is C12H20N2O3. The molecule has 0 aliphatic heterocycles. The Morgan fingerprint density at radius 2 is 2.12 bits per heavy atom. The van der Waals surface area contributed by atoms with Crippen LogP contribution < -0.4 is 10.6 Å². The van der Waals surface area contributed by atoms with Crippen LogP contribution in [0.3, 0.4) is 0 Å². The van der Waals surface area contributed by atoms with Crippen LogP contribution in [0.2, 0.25) is 0 Å². The Balaban J connectivity index is 2.18. The molecule has 2 atom stereocenters. The molecule has 0 unspecified atom stereocenters. The van der Waals surface area contributed by atoms with Gasteiger partial charge in [0.05, 0.1) is 0 Å². The molecule has 1 fully saturated rings. The van der Waals surface area contributed by atoms with Crippen molar-refractivity contribution in [3.05, 3.63) is 12.7 Å². The van der Waals surface area contributed by atoms with Crippen molar-refractivity contribution in [2.24, 2.45) is 5.92 Å². The van der Waals surface area contributed by atoms with Gasteiger partial charge in [-0.25, -0.2) is 4.79 Å². The summed E-state index contributed by atoms with van der Waals surface area (Å²) in [5.74, 6) is 0.110.